The topological polar surface area (TPSA) is 41.3 Å². The Kier molecular flexibility index (Phi) is 3.06. The summed E-state index contributed by atoms with van der Waals surface area (Å²) in [5.74, 6) is 0. The van der Waals surface area contributed by atoms with E-state index in [1.807, 2.05) is 17.8 Å². The van der Waals surface area contributed by atoms with Gasteiger partial charge in [-0.15, -0.1) is 0 Å². The Labute approximate surface area is 107 Å². The third kappa shape index (κ3) is 2.13. The quantitative estimate of drug-likeness (QED) is 0.872. The minimum atomic E-state index is -0.172. The highest BCUT2D eigenvalue weighted by molar-refractivity contribution is 5.81. The number of aliphatic hydroxyl groups excluding tert-OH is 1. The van der Waals surface area contributed by atoms with Crippen LogP contribution in [0.2, 0.25) is 0 Å². The van der Waals surface area contributed by atoms with E-state index < -0.39 is 0 Å². The van der Waals surface area contributed by atoms with Crippen LogP contribution in [0.1, 0.15) is 18.5 Å². The first-order valence-corrected chi connectivity index (χ1v) is 6.55. The van der Waals surface area contributed by atoms with Gasteiger partial charge in [0.2, 0.25) is 0 Å². The predicted octanol–water partition coefficient (Wildman–Crippen LogP) is 1.53. The molecule has 1 fully saturated rings. The number of likely N-dealkylation sites (tertiary alicyclic amines) is 1. The summed E-state index contributed by atoms with van der Waals surface area (Å²) in [4.78, 5) is 2.29. The highest BCUT2D eigenvalue weighted by Gasteiger charge is 2.19. The van der Waals surface area contributed by atoms with Crippen LogP contribution in [0.25, 0.3) is 10.9 Å². The fourth-order valence-corrected chi connectivity index (χ4v) is 2.79. The molecule has 96 valence electrons. The fourth-order valence-electron chi connectivity index (χ4n) is 2.79. The summed E-state index contributed by atoms with van der Waals surface area (Å²) in [6.45, 7) is 2.66. The zero-order valence-electron chi connectivity index (χ0n) is 10.7. The average Bonchev–Trinajstić information content (AvgIpc) is 2.67. The molecule has 1 atom stereocenters. The number of fused-ring (bicyclic) bond motifs is 1. The van der Waals surface area contributed by atoms with Gasteiger partial charge in [-0.2, -0.15) is 5.10 Å². The highest BCUT2D eigenvalue weighted by atomic mass is 16.3. The SMILES string of the molecule is Cn1nc(CN2CCC[C@H](O)C2)c2ccccc21. The standard InChI is InChI=1S/C14H19N3O/c1-16-14-7-3-2-6-12(14)13(15-16)10-17-8-4-5-11(18)9-17/h2-3,6-7,11,18H,4-5,8-10H2,1H3/t11-/m0/s1. The molecule has 0 aliphatic carbocycles. The van der Waals surface area contributed by atoms with Gasteiger partial charge in [0.15, 0.2) is 0 Å². The van der Waals surface area contributed by atoms with Crippen molar-refractivity contribution < 1.29 is 5.11 Å². The Morgan fingerprint density at radius 3 is 3.06 bits per heavy atom. The van der Waals surface area contributed by atoms with Crippen molar-refractivity contribution in [3.8, 4) is 0 Å². The van der Waals surface area contributed by atoms with E-state index in [0.29, 0.717) is 0 Å². The normalized spacial score (nSPS) is 21.6. The number of rotatable bonds is 2. The molecule has 0 saturated carbocycles. The zero-order chi connectivity index (χ0) is 12.5. The second-order valence-electron chi connectivity index (χ2n) is 5.12. The molecular formula is C14H19N3O. The molecule has 2 heterocycles. The number of β-amino-alcohol motifs (C(OH)–C–C–N with tert-alkyl or cyclic N) is 1. The summed E-state index contributed by atoms with van der Waals surface area (Å²) in [5.41, 5.74) is 2.28. The first kappa shape index (κ1) is 11.7. The minimum absolute atomic E-state index is 0.172. The molecule has 0 unspecified atom stereocenters. The molecule has 1 aromatic heterocycles. The van der Waals surface area contributed by atoms with Gasteiger partial charge in [-0.25, -0.2) is 0 Å². The lowest BCUT2D eigenvalue weighted by molar-refractivity contribution is 0.0663. The van der Waals surface area contributed by atoms with Gasteiger partial charge in [-0.05, 0) is 25.5 Å². The van der Waals surface area contributed by atoms with Crippen LogP contribution in [-0.4, -0.2) is 39.0 Å². The number of para-hydroxylation sites is 1. The maximum absolute atomic E-state index is 9.71. The van der Waals surface area contributed by atoms with Gasteiger partial charge in [0.1, 0.15) is 0 Å². The molecule has 2 aromatic rings. The van der Waals surface area contributed by atoms with Gasteiger partial charge in [0.25, 0.3) is 0 Å². The number of hydrogen-bond donors (Lipinski definition) is 1. The number of aliphatic hydroxyl groups is 1. The summed E-state index contributed by atoms with van der Waals surface area (Å²) >= 11 is 0. The molecular weight excluding hydrogens is 226 g/mol. The molecule has 1 aromatic carbocycles. The molecule has 0 bridgehead atoms. The number of piperidine rings is 1. The van der Waals surface area contributed by atoms with E-state index >= 15 is 0 Å². The van der Waals surface area contributed by atoms with Gasteiger partial charge in [0, 0.05) is 25.5 Å². The number of benzene rings is 1. The van der Waals surface area contributed by atoms with Crippen LogP contribution < -0.4 is 0 Å². The van der Waals surface area contributed by atoms with Gasteiger partial charge < -0.3 is 5.11 Å². The van der Waals surface area contributed by atoms with E-state index in [9.17, 15) is 5.11 Å². The molecule has 1 saturated heterocycles. The van der Waals surface area contributed by atoms with Gasteiger partial charge in [-0.1, -0.05) is 18.2 Å². The minimum Gasteiger partial charge on any atom is -0.392 e. The van der Waals surface area contributed by atoms with E-state index in [1.54, 1.807) is 0 Å². The van der Waals surface area contributed by atoms with E-state index in [0.717, 1.165) is 38.2 Å². The van der Waals surface area contributed by atoms with Crippen molar-refractivity contribution in [2.45, 2.75) is 25.5 Å². The van der Waals surface area contributed by atoms with Crippen LogP contribution in [0.15, 0.2) is 24.3 Å². The highest BCUT2D eigenvalue weighted by Crippen LogP contribution is 2.20. The van der Waals surface area contributed by atoms with Crippen molar-refractivity contribution in [3.05, 3.63) is 30.0 Å². The summed E-state index contributed by atoms with van der Waals surface area (Å²) in [6, 6.07) is 8.31. The first-order chi connectivity index (χ1) is 8.74. The molecule has 0 amide bonds. The molecule has 0 spiro atoms. The Morgan fingerprint density at radius 2 is 2.22 bits per heavy atom. The average molecular weight is 245 g/mol. The smallest absolute Gasteiger partial charge is 0.0843 e. The van der Waals surface area contributed by atoms with Crippen molar-refractivity contribution in [2.24, 2.45) is 7.05 Å². The van der Waals surface area contributed by atoms with Crippen molar-refractivity contribution in [3.63, 3.8) is 0 Å². The molecule has 1 aliphatic heterocycles. The van der Waals surface area contributed by atoms with Gasteiger partial charge in [-0.3, -0.25) is 9.58 Å². The molecule has 1 N–H and O–H groups in total. The third-order valence-electron chi connectivity index (χ3n) is 3.69. The van der Waals surface area contributed by atoms with Crippen LogP contribution in [0.4, 0.5) is 0 Å². The van der Waals surface area contributed by atoms with Crippen molar-refractivity contribution >= 4 is 10.9 Å². The van der Waals surface area contributed by atoms with E-state index in [4.69, 9.17) is 0 Å². The van der Waals surface area contributed by atoms with E-state index in [-0.39, 0.29) is 6.10 Å². The number of aryl methyl sites for hydroxylation is 1. The zero-order valence-corrected chi connectivity index (χ0v) is 10.7. The van der Waals surface area contributed by atoms with E-state index in [1.165, 1.54) is 10.9 Å². The van der Waals surface area contributed by atoms with Crippen LogP contribution in [0, 0.1) is 0 Å². The maximum Gasteiger partial charge on any atom is 0.0843 e. The number of aromatic nitrogens is 2. The largest absolute Gasteiger partial charge is 0.392 e. The number of nitrogens with zero attached hydrogens (tertiary/aromatic N) is 3. The third-order valence-corrected chi connectivity index (χ3v) is 3.69. The van der Waals surface area contributed by atoms with Gasteiger partial charge >= 0.3 is 0 Å². The van der Waals surface area contributed by atoms with E-state index in [2.05, 4.69) is 28.2 Å². The summed E-state index contributed by atoms with van der Waals surface area (Å²) < 4.78 is 1.94. The lowest BCUT2D eigenvalue weighted by Gasteiger charge is -2.29. The van der Waals surface area contributed by atoms with Crippen LogP contribution in [-0.2, 0) is 13.6 Å². The summed E-state index contributed by atoms with van der Waals surface area (Å²) in [6.07, 6.45) is 1.83. The van der Waals surface area contributed by atoms with Crippen molar-refractivity contribution in [2.75, 3.05) is 13.1 Å². The monoisotopic (exact) mass is 245 g/mol. The Bertz CT molecular complexity index is 549. The summed E-state index contributed by atoms with van der Waals surface area (Å²) in [7, 11) is 1.98. The fraction of sp³-hybridized carbons (Fsp3) is 0.500. The second kappa shape index (κ2) is 4.71. The van der Waals surface area contributed by atoms with Crippen LogP contribution in [0.5, 0.6) is 0 Å². The lowest BCUT2D eigenvalue weighted by atomic mass is 10.1. The lowest BCUT2D eigenvalue weighted by Crippen LogP contribution is -2.37. The Morgan fingerprint density at radius 1 is 1.39 bits per heavy atom. The molecule has 18 heavy (non-hydrogen) atoms. The number of hydrogen-bond acceptors (Lipinski definition) is 3. The van der Waals surface area contributed by atoms with Crippen LogP contribution in [0.3, 0.4) is 0 Å². The molecule has 3 rings (SSSR count). The predicted molar refractivity (Wildman–Crippen MR) is 71.2 cm³/mol. The Balaban J connectivity index is 1.86. The van der Waals surface area contributed by atoms with Crippen molar-refractivity contribution in [1.29, 1.82) is 0 Å². The molecule has 4 nitrogen and oxygen atoms in total. The van der Waals surface area contributed by atoms with Gasteiger partial charge in [0.05, 0.1) is 17.3 Å². The van der Waals surface area contributed by atoms with Crippen molar-refractivity contribution in [1.82, 2.24) is 14.7 Å². The molecule has 1 aliphatic rings. The van der Waals surface area contributed by atoms with Crippen LogP contribution >= 0.6 is 0 Å². The first-order valence-electron chi connectivity index (χ1n) is 6.55. The summed E-state index contributed by atoms with van der Waals surface area (Å²) in [5, 5.41) is 15.5. The Hall–Kier alpha value is -1.39. The molecule has 4 heteroatoms. The maximum atomic E-state index is 9.71. The molecule has 0 radical (unpaired) electrons. The second-order valence-corrected chi connectivity index (χ2v) is 5.12.